The van der Waals surface area contributed by atoms with Gasteiger partial charge in [-0.25, -0.2) is 4.39 Å². The van der Waals surface area contributed by atoms with Gasteiger partial charge in [0.15, 0.2) is 0 Å². The highest BCUT2D eigenvalue weighted by atomic mass is 19.1. The fourth-order valence-electron chi connectivity index (χ4n) is 4.56. The van der Waals surface area contributed by atoms with Crippen molar-refractivity contribution in [2.24, 2.45) is 5.41 Å². The standard InChI is InChI=1S/C18H26FN/c1-14(2)20-13-18(15-7-3-4-8-16(15)19)11-17(12-18)9-5-6-10-17/h3-4,7-8,14,20H,5-6,9-13H2,1-2H3. The minimum Gasteiger partial charge on any atom is -0.314 e. The maximum atomic E-state index is 14.3. The summed E-state index contributed by atoms with van der Waals surface area (Å²) >= 11 is 0. The van der Waals surface area contributed by atoms with Gasteiger partial charge in [0.2, 0.25) is 0 Å². The van der Waals surface area contributed by atoms with Gasteiger partial charge in [-0.3, -0.25) is 0 Å². The molecule has 2 aliphatic rings. The molecule has 2 heteroatoms. The maximum absolute atomic E-state index is 14.3. The highest BCUT2D eigenvalue weighted by Gasteiger charge is 2.56. The first-order valence-electron chi connectivity index (χ1n) is 8.04. The van der Waals surface area contributed by atoms with Crippen LogP contribution in [0, 0.1) is 11.2 Å². The van der Waals surface area contributed by atoms with E-state index in [0.29, 0.717) is 11.5 Å². The molecule has 1 spiro atoms. The fourth-order valence-corrected chi connectivity index (χ4v) is 4.56. The smallest absolute Gasteiger partial charge is 0.127 e. The Morgan fingerprint density at radius 1 is 1.15 bits per heavy atom. The quantitative estimate of drug-likeness (QED) is 0.858. The van der Waals surface area contributed by atoms with Gasteiger partial charge in [-0.15, -0.1) is 0 Å². The molecule has 0 aliphatic heterocycles. The van der Waals surface area contributed by atoms with Gasteiger partial charge in [0.1, 0.15) is 5.82 Å². The SMILES string of the molecule is CC(C)NCC1(c2ccccc2F)CC2(CCCC2)C1. The molecule has 2 saturated carbocycles. The first-order chi connectivity index (χ1) is 9.55. The first-order valence-corrected chi connectivity index (χ1v) is 8.04. The largest absolute Gasteiger partial charge is 0.314 e. The summed E-state index contributed by atoms with van der Waals surface area (Å²) in [5.41, 5.74) is 1.49. The minimum absolute atomic E-state index is 0.0223. The lowest BCUT2D eigenvalue weighted by molar-refractivity contribution is 0.0235. The van der Waals surface area contributed by atoms with Crippen LogP contribution in [0.15, 0.2) is 24.3 Å². The predicted octanol–water partition coefficient (Wildman–Crippen LogP) is 4.42. The minimum atomic E-state index is -0.0223. The van der Waals surface area contributed by atoms with Crippen molar-refractivity contribution >= 4 is 0 Å². The van der Waals surface area contributed by atoms with Crippen molar-refractivity contribution < 1.29 is 4.39 Å². The second-order valence-electron chi connectivity index (χ2n) is 7.36. The molecule has 0 heterocycles. The van der Waals surface area contributed by atoms with E-state index in [1.165, 1.54) is 38.5 Å². The molecule has 0 aromatic heterocycles. The molecular formula is C18H26FN. The second-order valence-corrected chi connectivity index (χ2v) is 7.36. The van der Waals surface area contributed by atoms with Crippen LogP contribution in [0.4, 0.5) is 4.39 Å². The van der Waals surface area contributed by atoms with Gasteiger partial charge in [-0.2, -0.15) is 0 Å². The van der Waals surface area contributed by atoms with Crippen LogP contribution in [0.2, 0.25) is 0 Å². The maximum Gasteiger partial charge on any atom is 0.127 e. The molecule has 0 atom stereocenters. The Hall–Kier alpha value is -0.890. The Bertz CT molecular complexity index is 466. The molecule has 0 saturated heterocycles. The van der Waals surface area contributed by atoms with Crippen LogP contribution in [0.5, 0.6) is 0 Å². The number of hydrogen-bond donors (Lipinski definition) is 1. The summed E-state index contributed by atoms with van der Waals surface area (Å²) in [6.07, 6.45) is 7.77. The van der Waals surface area contributed by atoms with Crippen molar-refractivity contribution in [1.82, 2.24) is 5.32 Å². The molecule has 2 fully saturated rings. The van der Waals surface area contributed by atoms with Crippen LogP contribution in [-0.4, -0.2) is 12.6 Å². The van der Waals surface area contributed by atoms with Crippen molar-refractivity contribution in [2.75, 3.05) is 6.54 Å². The molecular weight excluding hydrogens is 249 g/mol. The fraction of sp³-hybridized carbons (Fsp3) is 0.667. The molecule has 110 valence electrons. The zero-order valence-corrected chi connectivity index (χ0v) is 12.7. The zero-order valence-electron chi connectivity index (χ0n) is 12.7. The van der Waals surface area contributed by atoms with E-state index in [0.717, 1.165) is 12.1 Å². The lowest BCUT2D eigenvalue weighted by Gasteiger charge is -2.56. The Balaban J connectivity index is 1.84. The highest BCUT2D eigenvalue weighted by molar-refractivity contribution is 5.33. The number of halogens is 1. The Morgan fingerprint density at radius 2 is 1.80 bits per heavy atom. The van der Waals surface area contributed by atoms with Crippen LogP contribution in [-0.2, 0) is 5.41 Å². The molecule has 1 aromatic carbocycles. The van der Waals surface area contributed by atoms with Crippen molar-refractivity contribution in [3.05, 3.63) is 35.6 Å². The molecule has 3 rings (SSSR count). The van der Waals surface area contributed by atoms with E-state index in [4.69, 9.17) is 0 Å². The van der Waals surface area contributed by atoms with Crippen LogP contribution in [0.1, 0.15) is 57.9 Å². The third kappa shape index (κ3) is 2.39. The topological polar surface area (TPSA) is 12.0 Å². The van der Waals surface area contributed by atoms with Crippen molar-refractivity contribution in [3.63, 3.8) is 0 Å². The van der Waals surface area contributed by atoms with Gasteiger partial charge in [0, 0.05) is 18.0 Å². The van der Waals surface area contributed by atoms with Crippen LogP contribution < -0.4 is 5.32 Å². The molecule has 0 unspecified atom stereocenters. The molecule has 1 N–H and O–H groups in total. The molecule has 0 amide bonds. The van der Waals surface area contributed by atoms with Gasteiger partial charge < -0.3 is 5.32 Å². The summed E-state index contributed by atoms with van der Waals surface area (Å²) in [6, 6.07) is 7.85. The summed E-state index contributed by atoms with van der Waals surface area (Å²) < 4.78 is 14.3. The summed E-state index contributed by atoms with van der Waals surface area (Å²) in [6.45, 7) is 5.24. The van der Waals surface area contributed by atoms with Gasteiger partial charge in [0.25, 0.3) is 0 Å². The average molecular weight is 275 g/mol. The highest BCUT2D eigenvalue weighted by Crippen LogP contribution is 2.63. The van der Waals surface area contributed by atoms with E-state index in [-0.39, 0.29) is 11.2 Å². The number of hydrogen-bond acceptors (Lipinski definition) is 1. The van der Waals surface area contributed by atoms with Crippen LogP contribution >= 0.6 is 0 Å². The number of benzene rings is 1. The Labute approximate surface area is 122 Å². The lowest BCUT2D eigenvalue weighted by Crippen LogP contribution is -2.55. The molecule has 2 aliphatic carbocycles. The molecule has 20 heavy (non-hydrogen) atoms. The summed E-state index contributed by atoms with van der Waals surface area (Å²) in [5.74, 6) is -0.0223. The Kier molecular flexibility index (Phi) is 3.62. The van der Waals surface area contributed by atoms with E-state index in [1.807, 2.05) is 12.1 Å². The van der Waals surface area contributed by atoms with Gasteiger partial charge in [-0.1, -0.05) is 44.9 Å². The average Bonchev–Trinajstić information content (AvgIpc) is 2.84. The Morgan fingerprint density at radius 3 is 2.40 bits per heavy atom. The van der Waals surface area contributed by atoms with Crippen molar-refractivity contribution in [2.45, 2.75) is 63.8 Å². The summed E-state index contributed by atoms with van der Waals surface area (Å²) in [7, 11) is 0. The zero-order chi connectivity index (χ0) is 14.2. The summed E-state index contributed by atoms with van der Waals surface area (Å²) in [4.78, 5) is 0. The molecule has 0 bridgehead atoms. The normalized spacial score (nSPS) is 23.2. The van der Waals surface area contributed by atoms with E-state index in [9.17, 15) is 4.39 Å². The third-order valence-electron chi connectivity index (χ3n) is 5.38. The second kappa shape index (κ2) is 5.14. The van der Waals surface area contributed by atoms with Gasteiger partial charge >= 0.3 is 0 Å². The summed E-state index contributed by atoms with van der Waals surface area (Å²) in [5, 5.41) is 3.55. The van der Waals surface area contributed by atoms with Gasteiger partial charge in [0.05, 0.1) is 0 Å². The van der Waals surface area contributed by atoms with Crippen LogP contribution in [0.3, 0.4) is 0 Å². The van der Waals surface area contributed by atoms with Gasteiger partial charge in [-0.05, 0) is 42.7 Å². The number of nitrogens with one attached hydrogen (secondary N) is 1. The number of rotatable bonds is 4. The lowest BCUT2D eigenvalue weighted by atomic mass is 9.49. The first kappa shape index (κ1) is 14.1. The predicted molar refractivity (Wildman–Crippen MR) is 81.4 cm³/mol. The van der Waals surface area contributed by atoms with E-state index >= 15 is 0 Å². The molecule has 1 nitrogen and oxygen atoms in total. The van der Waals surface area contributed by atoms with E-state index < -0.39 is 0 Å². The monoisotopic (exact) mass is 275 g/mol. The van der Waals surface area contributed by atoms with E-state index in [2.05, 4.69) is 19.2 Å². The van der Waals surface area contributed by atoms with E-state index in [1.54, 1.807) is 12.1 Å². The molecule has 1 aromatic rings. The van der Waals surface area contributed by atoms with Crippen LogP contribution in [0.25, 0.3) is 0 Å². The van der Waals surface area contributed by atoms with Crippen molar-refractivity contribution in [1.29, 1.82) is 0 Å². The third-order valence-corrected chi connectivity index (χ3v) is 5.38. The van der Waals surface area contributed by atoms with Crippen molar-refractivity contribution in [3.8, 4) is 0 Å². The molecule has 0 radical (unpaired) electrons.